The Morgan fingerprint density at radius 2 is 1.90 bits per heavy atom. The van der Waals surface area contributed by atoms with Crippen LogP contribution in [0.4, 0.5) is 4.79 Å². The summed E-state index contributed by atoms with van der Waals surface area (Å²) in [7, 11) is 0. The Morgan fingerprint density at radius 1 is 1.14 bits per heavy atom. The summed E-state index contributed by atoms with van der Waals surface area (Å²) in [5.74, 6) is 0.646. The van der Waals surface area contributed by atoms with E-state index in [4.69, 9.17) is 4.74 Å². The van der Waals surface area contributed by atoms with Gasteiger partial charge in [-0.15, -0.1) is 0 Å². The van der Waals surface area contributed by atoms with Gasteiger partial charge in [0.25, 0.3) is 0 Å². The number of urea groups is 1. The second-order valence-electron chi connectivity index (χ2n) is 9.47. The monoisotopic (exact) mass is 406 g/mol. The van der Waals surface area contributed by atoms with Crippen LogP contribution in [0.15, 0.2) is 0 Å². The molecule has 164 valence electrons. The van der Waals surface area contributed by atoms with Gasteiger partial charge in [-0.25, -0.2) is 4.79 Å². The zero-order chi connectivity index (χ0) is 20.4. The molecule has 3 saturated heterocycles. The number of nitrogens with zero attached hydrogens (tertiary/aromatic N) is 2. The molecule has 0 radical (unpaired) electrons. The Morgan fingerprint density at radius 3 is 2.59 bits per heavy atom. The molecule has 1 spiro atoms. The quantitative estimate of drug-likeness (QED) is 0.682. The highest BCUT2D eigenvalue weighted by atomic mass is 16.5. The molecule has 3 heterocycles. The normalized spacial score (nSPS) is 35.7. The smallest absolute Gasteiger partial charge is 0.317 e. The van der Waals surface area contributed by atoms with Gasteiger partial charge in [0.2, 0.25) is 0 Å². The van der Waals surface area contributed by atoms with E-state index in [1.54, 1.807) is 0 Å². The third kappa shape index (κ3) is 4.00. The van der Waals surface area contributed by atoms with Crippen LogP contribution >= 0.6 is 0 Å². The van der Waals surface area contributed by atoms with Gasteiger partial charge in [0.15, 0.2) is 0 Å². The van der Waals surface area contributed by atoms with Crippen LogP contribution in [0.2, 0.25) is 0 Å². The molecule has 4 fully saturated rings. The minimum absolute atomic E-state index is 0.0126. The van der Waals surface area contributed by atoms with E-state index in [9.17, 15) is 9.59 Å². The number of hydrogen-bond donors (Lipinski definition) is 2. The van der Waals surface area contributed by atoms with Gasteiger partial charge in [-0.3, -0.25) is 4.79 Å². The lowest BCUT2D eigenvalue weighted by Crippen LogP contribution is -2.58. The van der Waals surface area contributed by atoms with Crippen LogP contribution in [0, 0.1) is 17.3 Å². The van der Waals surface area contributed by atoms with Crippen molar-refractivity contribution < 1.29 is 14.3 Å². The lowest BCUT2D eigenvalue weighted by Gasteiger charge is -2.53. The minimum Gasteiger partial charge on any atom is -0.466 e. The Balaban J connectivity index is 1.27. The lowest BCUT2D eigenvalue weighted by molar-refractivity contribution is -0.155. The van der Waals surface area contributed by atoms with Crippen molar-refractivity contribution >= 4 is 12.0 Å². The molecule has 2 amide bonds. The fourth-order valence-electron chi connectivity index (χ4n) is 6.40. The maximum absolute atomic E-state index is 12.4. The highest BCUT2D eigenvalue weighted by Crippen LogP contribution is 2.52. The summed E-state index contributed by atoms with van der Waals surface area (Å²) in [6, 6.07) is 1.15. The van der Waals surface area contributed by atoms with Crippen LogP contribution in [0.3, 0.4) is 0 Å². The predicted octanol–water partition coefficient (Wildman–Crippen LogP) is 1.82. The number of piperidine rings is 1. The molecule has 7 heteroatoms. The lowest BCUT2D eigenvalue weighted by atomic mass is 9.59. The average Bonchev–Trinajstić information content (AvgIpc) is 3.35. The second kappa shape index (κ2) is 8.80. The van der Waals surface area contributed by atoms with Crippen molar-refractivity contribution in [3.05, 3.63) is 0 Å². The molecule has 0 aromatic rings. The van der Waals surface area contributed by atoms with Crippen LogP contribution in [0.1, 0.15) is 52.4 Å². The molecular weight excluding hydrogens is 368 g/mol. The van der Waals surface area contributed by atoms with E-state index >= 15 is 0 Å². The van der Waals surface area contributed by atoms with Crippen LogP contribution in [0.25, 0.3) is 0 Å². The predicted molar refractivity (Wildman–Crippen MR) is 112 cm³/mol. The first-order valence-electron chi connectivity index (χ1n) is 11.7. The van der Waals surface area contributed by atoms with Gasteiger partial charge >= 0.3 is 12.0 Å². The number of rotatable bonds is 5. The zero-order valence-electron chi connectivity index (χ0n) is 18.1. The van der Waals surface area contributed by atoms with Gasteiger partial charge in [0.1, 0.15) is 0 Å². The number of carbonyl (C=O) groups is 2. The number of ether oxygens (including phenoxy) is 1. The second-order valence-corrected chi connectivity index (χ2v) is 9.47. The fraction of sp³-hybridized carbons (Fsp3) is 0.909. The summed E-state index contributed by atoms with van der Waals surface area (Å²) in [5.41, 5.74) is 0.119. The van der Waals surface area contributed by atoms with Crippen molar-refractivity contribution in [2.45, 2.75) is 64.5 Å². The maximum atomic E-state index is 12.4. The third-order valence-electron chi connectivity index (χ3n) is 7.94. The minimum atomic E-state index is -0.0126. The van der Waals surface area contributed by atoms with Crippen LogP contribution in [-0.4, -0.2) is 79.8 Å². The molecular formula is C22H38N4O3. The van der Waals surface area contributed by atoms with Gasteiger partial charge in [-0.2, -0.15) is 0 Å². The molecule has 29 heavy (non-hydrogen) atoms. The highest BCUT2D eigenvalue weighted by molar-refractivity contribution is 5.75. The maximum Gasteiger partial charge on any atom is 0.317 e. The van der Waals surface area contributed by atoms with E-state index in [0.29, 0.717) is 31.2 Å². The Bertz CT molecular complexity index is 599. The fourth-order valence-corrected chi connectivity index (χ4v) is 6.40. The highest BCUT2D eigenvalue weighted by Gasteiger charge is 2.56. The van der Waals surface area contributed by atoms with Crippen molar-refractivity contribution in [3.63, 3.8) is 0 Å². The molecule has 0 bridgehead atoms. The summed E-state index contributed by atoms with van der Waals surface area (Å²) >= 11 is 0. The molecule has 2 N–H and O–H groups in total. The molecule has 4 rings (SSSR count). The third-order valence-corrected chi connectivity index (χ3v) is 7.94. The molecule has 0 aromatic carbocycles. The Kier molecular flexibility index (Phi) is 6.35. The zero-order valence-corrected chi connectivity index (χ0v) is 18.1. The summed E-state index contributed by atoms with van der Waals surface area (Å²) < 4.78 is 5.33. The summed E-state index contributed by atoms with van der Waals surface area (Å²) in [6.45, 7) is 9.92. The topological polar surface area (TPSA) is 73.9 Å². The molecule has 2 atom stereocenters. The Labute approximate surface area is 174 Å². The van der Waals surface area contributed by atoms with Crippen LogP contribution in [0.5, 0.6) is 0 Å². The van der Waals surface area contributed by atoms with E-state index in [0.717, 1.165) is 58.4 Å². The van der Waals surface area contributed by atoms with Gasteiger partial charge in [-0.05, 0) is 71.4 Å². The number of nitrogens with one attached hydrogen (secondary N) is 2. The first-order valence-corrected chi connectivity index (χ1v) is 11.7. The Hall–Kier alpha value is -1.34. The van der Waals surface area contributed by atoms with Crippen molar-refractivity contribution in [2.24, 2.45) is 17.3 Å². The first kappa shape index (κ1) is 20.9. The standard InChI is InChI=1S/C22H38N4O3/c1-3-24-21(28)26-9-5-6-19(26)16-7-10-25(11-8-16)17-12-22(13-17)15-23-14-18(22)20(27)29-4-2/h16-19,23H,3-15H2,1-2H3,(H,24,28). The van der Waals surface area contributed by atoms with Gasteiger partial charge in [-0.1, -0.05) is 0 Å². The summed E-state index contributed by atoms with van der Waals surface area (Å²) in [4.78, 5) is 29.4. The number of amides is 2. The van der Waals surface area contributed by atoms with E-state index in [1.165, 1.54) is 12.8 Å². The van der Waals surface area contributed by atoms with E-state index < -0.39 is 0 Å². The van der Waals surface area contributed by atoms with Crippen molar-refractivity contribution in [1.29, 1.82) is 0 Å². The van der Waals surface area contributed by atoms with E-state index in [2.05, 4.69) is 20.4 Å². The van der Waals surface area contributed by atoms with Gasteiger partial charge in [0.05, 0.1) is 12.5 Å². The van der Waals surface area contributed by atoms with E-state index in [-0.39, 0.29) is 23.3 Å². The largest absolute Gasteiger partial charge is 0.466 e. The number of likely N-dealkylation sites (tertiary alicyclic amines) is 2. The van der Waals surface area contributed by atoms with Gasteiger partial charge < -0.3 is 25.2 Å². The number of esters is 1. The first-order chi connectivity index (χ1) is 14.1. The molecule has 1 saturated carbocycles. The molecule has 0 aromatic heterocycles. The number of carbonyl (C=O) groups excluding carboxylic acids is 2. The van der Waals surface area contributed by atoms with Crippen molar-refractivity contribution in [3.8, 4) is 0 Å². The number of hydrogen-bond acceptors (Lipinski definition) is 5. The van der Waals surface area contributed by atoms with Crippen LogP contribution in [-0.2, 0) is 9.53 Å². The van der Waals surface area contributed by atoms with Crippen molar-refractivity contribution in [1.82, 2.24) is 20.4 Å². The van der Waals surface area contributed by atoms with Crippen LogP contribution < -0.4 is 10.6 Å². The molecule has 2 unspecified atom stereocenters. The molecule has 1 aliphatic carbocycles. The summed E-state index contributed by atoms with van der Waals surface area (Å²) in [5, 5.41) is 6.42. The van der Waals surface area contributed by atoms with Crippen molar-refractivity contribution in [2.75, 3.05) is 45.9 Å². The average molecular weight is 407 g/mol. The molecule has 7 nitrogen and oxygen atoms in total. The van der Waals surface area contributed by atoms with Gasteiger partial charge in [0, 0.05) is 43.7 Å². The molecule has 4 aliphatic rings. The molecule has 3 aliphatic heterocycles. The van der Waals surface area contributed by atoms with E-state index in [1.807, 2.05) is 13.8 Å². The SMILES string of the molecule is CCNC(=O)N1CCCC1C1CCN(C2CC3(CNCC3C(=O)OCC)C2)CC1. The summed E-state index contributed by atoms with van der Waals surface area (Å²) in [6.07, 6.45) is 6.88.